The molecule has 0 unspecified atom stereocenters. The maximum Gasteiger partial charge on any atom is 0.337 e. The number of hydrogen-bond donors (Lipinski definition) is 1. The molecule has 0 saturated heterocycles. The Morgan fingerprint density at radius 3 is 2.42 bits per heavy atom. The molecule has 2 amide bonds. The topological polar surface area (TPSA) is 58.6 Å². The number of urea groups is 1. The van der Waals surface area contributed by atoms with Gasteiger partial charge in [0.05, 0.1) is 12.7 Å². The number of anilines is 1. The van der Waals surface area contributed by atoms with E-state index in [0.29, 0.717) is 11.3 Å². The molecular formula is C14H20N2O3. The van der Waals surface area contributed by atoms with E-state index in [1.807, 2.05) is 0 Å². The lowest BCUT2D eigenvalue weighted by Gasteiger charge is -2.17. The van der Waals surface area contributed by atoms with Crippen LogP contribution in [-0.2, 0) is 4.74 Å². The standard InChI is InChI=1S/C14H20N2O3/c1-4-5-10-16(2)14(18)15-12-8-6-11(7-9-12)13(17)19-3/h6-9H,4-5,10H2,1-3H3,(H,15,18). The number of unbranched alkanes of at least 4 members (excludes halogenated alkanes) is 1. The number of methoxy groups -OCH3 is 1. The van der Waals surface area contributed by atoms with Crippen LogP contribution in [0.4, 0.5) is 10.5 Å². The third-order valence-electron chi connectivity index (χ3n) is 2.75. The van der Waals surface area contributed by atoms with Gasteiger partial charge >= 0.3 is 12.0 Å². The van der Waals surface area contributed by atoms with E-state index in [1.165, 1.54) is 7.11 Å². The summed E-state index contributed by atoms with van der Waals surface area (Å²) in [6, 6.07) is 6.44. The molecule has 5 nitrogen and oxygen atoms in total. The van der Waals surface area contributed by atoms with Gasteiger partial charge in [0.1, 0.15) is 0 Å². The Balaban J connectivity index is 2.57. The van der Waals surface area contributed by atoms with E-state index in [1.54, 1.807) is 36.2 Å². The van der Waals surface area contributed by atoms with Crippen molar-refractivity contribution in [1.29, 1.82) is 0 Å². The molecule has 0 fully saturated rings. The molecule has 1 aromatic rings. The highest BCUT2D eigenvalue weighted by molar-refractivity contribution is 5.92. The molecule has 0 saturated carbocycles. The first-order chi connectivity index (χ1) is 9.08. The molecule has 104 valence electrons. The Labute approximate surface area is 113 Å². The zero-order chi connectivity index (χ0) is 14.3. The van der Waals surface area contributed by atoms with Crippen molar-refractivity contribution < 1.29 is 14.3 Å². The maximum atomic E-state index is 11.8. The van der Waals surface area contributed by atoms with Crippen molar-refractivity contribution in [3.8, 4) is 0 Å². The molecule has 19 heavy (non-hydrogen) atoms. The number of carbonyl (C=O) groups excluding carboxylic acids is 2. The van der Waals surface area contributed by atoms with E-state index in [-0.39, 0.29) is 6.03 Å². The lowest BCUT2D eigenvalue weighted by Crippen LogP contribution is -2.32. The van der Waals surface area contributed by atoms with Crippen LogP contribution in [0.15, 0.2) is 24.3 Å². The van der Waals surface area contributed by atoms with Crippen molar-refractivity contribution in [1.82, 2.24) is 4.90 Å². The average Bonchev–Trinajstić information content (AvgIpc) is 2.44. The van der Waals surface area contributed by atoms with Crippen LogP contribution in [0.5, 0.6) is 0 Å². The van der Waals surface area contributed by atoms with Gasteiger partial charge < -0.3 is 15.0 Å². The van der Waals surface area contributed by atoms with Crippen molar-refractivity contribution in [2.45, 2.75) is 19.8 Å². The van der Waals surface area contributed by atoms with Crippen LogP contribution in [0.1, 0.15) is 30.1 Å². The van der Waals surface area contributed by atoms with Gasteiger partial charge in [0, 0.05) is 19.3 Å². The zero-order valence-electron chi connectivity index (χ0n) is 11.6. The number of nitrogens with one attached hydrogen (secondary N) is 1. The zero-order valence-corrected chi connectivity index (χ0v) is 11.6. The van der Waals surface area contributed by atoms with E-state index >= 15 is 0 Å². The fraction of sp³-hybridized carbons (Fsp3) is 0.429. The molecule has 0 heterocycles. The monoisotopic (exact) mass is 264 g/mol. The summed E-state index contributed by atoms with van der Waals surface area (Å²) in [4.78, 5) is 24.7. The van der Waals surface area contributed by atoms with Crippen molar-refractivity contribution in [2.75, 3.05) is 26.0 Å². The molecule has 0 aromatic heterocycles. The molecule has 1 aromatic carbocycles. The second-order valence-corrected chi connectivity index (χ2v) is 4.27. The molecule has 0 aliphatic heterocycles. The number of nitrogens with zero attached hydrogens (tertiary/aromatic N) is 1. The predicted molar refractivity (Wildman–Crippen MR) is 74.3 cm³/mol. The molecule has 1 rings (SSSR count). The van der Waals surface area contributed by atoms with Crippen LogP contribution < -0.4 is 5.32 Å². The first-order valence-electron chi connectivity index (χ1n) is 6.29. The summed E-state index contributed by atoms with van der Waals surface area (Å²) in [6.45, 7) is 2.81. The maximum absolute atomic E-state index is 11.8. The van der Waals surface area contributed by atoms with E-state index in [2.05, 4.69) is 17.0 Å². The van der Waals surface area contributed by atoms with Crippen LogP contribution in [0, 0.1) is 0 Å². The predicted octanol–water partition coefficient (Wildman–Crippen LogP) is 2.74. The Morgan fingerprint density at radius 1 is 1.26 bits per heavy atom. The average molecular weight is 264 g/mol. The lowest BCUT2D eigenvalue weighted by atomic mass is 10.2. The smallest absolute Gasteiger partial charge is 0.337 e. The number of rotatable bonds is 5. The molecule has 1 N–H and O–H groups in total. The first-order valence-corrected chi connectivity index (χ1v) is 6.29. The van der Waals surface area contributed by atoms with Gasteiger partial charge in [0.15, 0.2) is 0 Å². The summed E-state index contributed by atoms with van der Waals surface area (Å²) in [6.07, 6.45) is 2.02. The molecule has 0 radical (unpaired) electrons. The van der Waals surface area contributed by atoms with Crippen LogP contribution in [-0.4, -0.2) is 37.6 Å². The van der Waals surface area contributed by atoms with Crippen molar-refractivity contribution >= 4 is 17.7 Å². The summed E-state index contributed by atoms with van der Waals surface area (Å²) < 4.78 is 4.61. The summed E-state index contributed by atoms with van der Waals surface area (Å²) >= 11 is 0. The van der Waals surface area contributed by atoms with Crippen LogP contribution in [0.25, 0.3) is 0 Å². The molecule has 0 aliphatic carbocycles. The summed E-state index contributed by atoms with van der Waals surface area (Å²) in [5.41, 5.74) is 1.11. The Kier molecular flexibility index (Phi) is 5.85. The molecule has 0 aliphatic rings. The van der Waals surface area contributed by atoms with E-state index < -0.39 is 5.97 Å². The molecular weight excluding hydrogens is 244 g/mol. The van der Waals surface area contributed by atoms with Gasteiger partial charge in [-0.25, -0.2) is 9.59 Å². The quantitative estimate of drug-likeness (QED) is 0.832. The minimum atomic E-state index is -0.391. The normalized spacial score (nSPS) is 9.84. The summed E-state index contributed by atoms with van der Waals surface area (Å²) in [5.74, 6) is -0.391. The van der Waals surface area contributed by atoms with Gasteiger partial charge in [-0.3, -0.25) is 0 Å². The van der Waals surface area contributed by atoms with E-state index in [4.69, 9.17) is 0 Å². The van der Waals surface area contributed by atoms with Crippen molar-refractivity contribution in [3.63, 3.8) is 0 Å². The van der Waals surface area contributed by atoms with E-state index in [0.717, 1.165) is 19.4 Å². The minimum absolute atomic E-state index is 0.153. The second-order valence-electron chi connectivity index (χ2n) is 4.27. The molecule has 0 spiro atoms. The minimum Gasteiger partial charge on any atom is -0.465 e. The molecule has 0 bridgehead atoms. The molecule has 5 heteroatoms. The second kappa shape index (κ2) is 7.41. The van der Waals surface area contributed by atoms with Gasteiger partial charge in [-0.2, -0.15) is 0 Å². The number of hydrogen-bond acceptors (Lipinski definition) is 3. The van der Waals surface area contributed by atoms with Gasteiger partial charge in [-0.1, -0.05) is 13.3 Å². The number of carbonyl (C=O) groups is 2. The third kappa shape index (κ3) is 4.62. The van der Waals surface area contributed by atoms with Gasteiger partial charge in [0.2, 0.25) is 0 Å². The number of benzene rings is 1. The highest BCUT2D eigenvalue weighted by Crippen LogP contribution is 2.11. The van der Waals surface area contributed by atoms with Crippen molar-refractivity contribution in [3.05, 3.63) is 29.8 Å². The largest absolute Gasteiger partial charge is 0.465 e. The van der Waals surface area contributed by atoms with Crippen molar-refractivity contribution in [2.24, 2.45) is 0 Å². The lowest BCUT2D eigenvalue weighted by molar-refractivity contribution is 0.0601. The Morgan fingerprint density at radius 2 is 1.89 bits per heavy atom. The Hall–Kier alpha value is -2.04. The number of ether oxygens (including phenoxy) is 1. The first kappa shape index (κ1) is 15.0. The third-order valence-corrected chi connectivity index (χ3v) is 2.75. The summed E-state index contributed by atoms with van der Waals surface area (Å²) in [5, 5.41) is 2.77. The Bertz CT molecular complexity index is 429. The van der Waals surface area contributed by atoms with E-state index in [9.17, 15) is 9.59 Å². The van der Waals surface area contributed by atoms with Crippen LogP contribution in [0.3, 0.4) is 0 Å². The van der Waals surface area contributed by atoms with Crippen LogP contribution >= 0.6 is 0 Å². The number of amides is 2. The van der Waals surface area contributed by atoms with Gasteiger partial charge in [0.25, 0.3) is 0 Å². The fourth-order valence-electron chi connectivity index (χ4n) is 1.52. The number of esters is 1. The highest BCUT2D eigenvalue weighted by atomic mass is 16.5. The summed E-state index contributed by atoms with van der Waals surface area (Å²) in [7, 11) is 3.09. The van der Waals surface area contributed by atoms with Gasteiger partial charge in [-0.15, -0.1) is 0 Å². The van der Waals surface area contributed by atoms with Crippen LogP contribution in [0.2, 0.25) is 0 Å². The SMILES string of the molecule is CCCCN(C)C(=O)Nc1ccc(C(=O)OC)cc1. The fourth-order valence-corrected chi connectivity index (χ4v) is 1.52. The highest BCUT2D eigenvalue weighted by Gasteiger charge is 2.09. The molecule has 0 atom stereocenters. The van der Waals surface area contributed by atoms with Gasteiger partial charge in [-0.05, 0) is 30.7 Å².